The Balaban J connectivity index is -0.0000000845. The minimum Gasteiger partial charge on any atom is -0.304 e. The fraction of sp³-hybridized carbons (Fsp3) is 0.735. The van der Waals surface area contributed by atoms with E-state index in [9.17, 15) is 0 Å². The standard InChI is InChI=1S/C23H35N.C13H10.C7H17N.4C3H8.3C2H6.7CH4/c1-7-17-9-18(8-2)11-19(10-17)12-24-16(6)15(5)22-20-13(3)14(4)21(20)23(22)24;1-3-7-12-10(5-1)9-11-6-2-4-8-13(11)12;1-4-7-8(5-2)6-3;4*1-3-2;3*1-2;;;;;;;/h9-11,13-16,20-23H,7-8,12H2,1-6H3;1-8H,9H2;4-7H2,1-3H3;4*3H2,1-2H3;3*1-2H3;7*1H4/t13-,14+,15+,16-,20-,21+,22-,23+;;;;;;;;;;;;;;;;/m0................/s1. The maximum absolute atomic E-state index is 2.88. The average molecular weight is 986 g/mol. The molecule has 0 unspecified atom stereocenters. The number of rotatable bonds is 8. The van der Waals surface area contributed by atoms with E-state index in [4.69, 9.17) is 0 Å². The topological polar surface area (TPSA) is 6.48 Å². The third-order valence-electron chi connectivity index (χ3n) is 12.4. The number of fused-ring (bicyclic) bond motifs is 7. The van der Waals surface area contributed by atoms with Crippen molar-refractivity contribution in [1.29, 1.82) is 0 Å². The molecule has 0 spiro atoms. The van der Waals surface area contributed by atoms with E-state index < -0.39 is 0 Å². The van der Waals surface area contributed by atoms with Gasteiger partial charge in [0.15, 0.2) is 0 Å². The van der Waals surface area contributed by atoms with Gasteiger partial charge in [0.1, 0.15) is 0 Å². The summed E-state index contributed by atoms with van der Waals surface area (Å²) >= 11 is 0. The highest BCUT2D eigenvalue weighted by atomic mass is 15.3. The zero-order valence-electron chi connectivity index (χ0n) is 46.8. The van der Waals surface area contributed by atoms with Gasteiger partial charge in [0, 0.05) is 18.6 Å². The minimum absolute atomic E-state index is 0. The van der Waals surface area contributed by atoms with Crippen molar-refractivity contribution in [2.24, 2.45) is 35.5 Å². The molecule has 0 bridgehead atoms. The molecule has 1 heterocycles. The molecule has 4 aliphatic rings. The van der Waals surface area contributed by atoms with Crippen molar-refractivity contribution in [1.82, 2.24) is 9.80 Å². The van der Waals surface area contributed by atoms with Crippen molar-refractivity contribution in [3.05, 3.63) is 94.5 Å². The summed E-state index contributed by atoms with van der Waals surface area (Å²) in [6, 6.07) is 26.2. The Kier molecular flexibility index (Phi) is 72.1. The Morgan fingerprint density at radius 2 is 0.757 bits per heavy atom. The van der Waals surface area contributed by atoms with E-state index in [0.717, 1.165) is 73.4 Å². The van der Waals surface area contributed by atoms with Crippen LogP contribution in [0.4, 0.5) is 0 Å². The molecule has 0 amide bonds. The molecule has 7 rings (SSSR count). The van der Waals surface area contributed by atoms with Crippen molar-refractivity contribution in [2.75, 3.05) is 19.6 Å². The quantitative estimate of drug-likeness (QED) is 0.174. The summed E-state index contributed by atoms with van der Waals surface area (Å²) in [5, 5.41) is 0. The Labute approximate surface area is 449 Å². The van der Waals surface area contributed by atoms with Gasteiger partial charge < -0.3 is 4.90 Å². The lowest BCUT2D eigenvalue weighted by Gasteiger charge is -2.67. The molecule has 3 aromatic rings. The van der Waals surface area contributed by atoms with Gasteiger partial charge >= 0.3 is 0 Å². The maximum Gasteiger partial charge on any atom is 0.0240 e. The second-order valence-corrected chi connectivity index (χ2v) is 17.4. The monoisotopic (exact) mass is 985 g/mol. The summed E-state index contributed by atoms with van der Waals surface area (Å²) in [5.74, 6) is 5.74. The van der Waals surface area contributed by atoms with Gasteiger partial charge in [-0.1, -0.05) is 297 Å². The maximum atomic E-state index is 2.88. The van der Waals surface area contributed by atoms with Gasteiger partial charge in [0.05, 0.1) is 0 Å². The third-order valence-corrected chi connectivity index (χ3v) is 12.4. The molecule has 0 N–H and O–H groups in total. The predicted molar refractivity (Wildman–Crippen MR) is 340 cm³/mol. The molecule has 70 heavy (non-hydrogen) atoms. The summed E-state index contributed by atoms with van der Waals surface area (Å²) in [5.41, 5.74) is 10.3. The van der Waals surface area contributed by atoms with Gasteiger partial charge in [-0.15, -0.1) is 0 Å². The molecule has 0 radical (unpaired) electrons. The molecular formula is C68H140N2. The fourth-order valence-electron chi connectivity index (χ4n) is 9.47. The first-order valence-corrected chi connectivity index (χ1v) is 27.2. The fourth-order valence-corrected chi connectivity index (χ4v) is 9.47. The predicted octanol–water partition coefficient (Wildman–Crippen LogP) is 23.4. The molecular weight excluding hydrogens is 845 g/mol. The van der Waals surface area contributed by atoms with Crippen molar-refractivity contribution >= 4 is 0 Å². The lowest BCUT2D eigenvalue weighted by Crippen LogP contribution is -2.68. The molecule has 8 atom stereocenters. The average Bonchev–Trinajstić information content (AvgIpc) is 3.77. The number of hydrogen-bond acceptors (Lipinski definition) is 2. The van der Waals surface area contributed by atoms with Crippen molar-refractivity contribution in [3.8, 4) is 11.1 Å². The van der Waals surface area contributed by atoms with E-state index in [1.807, 2.05) is 41.5 Å². The number of hydrogen-bond donors (Lipinski definition) is 0. The Morgan fingerprint density at radius 1 is 0.443 bits per heavy atom. The highest BCUT2D eigenvalue weighted by Gasteiger charge is 2.69. The summed E-state index contributed by atoms with van der Waals surface area (Å²) in [4.78, 5) is 5.31. The number of benzene rings is 3. The van der Waals surface area contributed by atoms with Gasteiger partial charge in [0.25, 0.3) is 0 Å². The highest BCUT2D eigenvalue weighted by Crippen LogP contribution is 2.68. The van der Waals surface area contributed by atoms with E-state index in [-0.39, 0.29) is 52.0 Å². The van der Waals surface area contributed by atoms with Crippen LogP contribution in [0, 0.1) is 35.5 Å². The lowest BCUT2D eigenvalue weighted by molar-refractivity contribution is -0.185. The van der Waals surface area contributed by atoms with Gasteiger partial charge in [-0.05, 0) is 127 Å². The summed E-state index contributed by atoms with van der Waals surface area (Å²) in [7, 11) is 0. The van der Waals surface area contributed by atoms with Gasteiger partial charge in [0.2, 0.25) is 0 Å². The van der Waals surface area contributed by atoms with Gasteiger partial charge in [-0.3, -0.25) is 4.90 Å². The second-order valence-electron chi connectivity index (χ2n) is 17.4. The first-order valence-electron chi connectivity index (χ1n) is 27.2. The lowest BCUT2D eigenvalue weighted by atomic mass is 9.40. The number of aryl methyl sites for hydroxylation is 2. The van der Waals surface area contributed by atoms with Gasteiger partial charge in [-0.2, -0.15) is 0 Å². The molecule has 2 heteroatoms. The minimum atomic E-state index is 0. The van der Waals surface area contributed by atoms with Crippen LogP contribution in [0.5, 0.6) is 0 Å². The molecule has 3 fully saturated rings. The van der Waals surface area contributed by atoms with Crippen LogP contribution in [-0.4, -0.2) is 41.5 Å². The van der Waals surface area contributed by atoms with Crippen LogP contribution in [0.25, 0.3) is 11.1 Å². The van der Waals surface area contributed by atoms with E-state index in [1.54, 1.807) is 5.56 Å². The molecule has 422 valence electrons. The van der Waals surface area contributed by atoms with Crippen LogP contribution in [0.1, 0.15) is 271 Å². The molecule has 3 aliphatic carbocycles. The van der Waals surface area contributed by atoms with Crippen LogP contribution in [0.2, 0.25) is 0 Å². The van der Waals surface area contributed by atoms with Crippen molar-refractivity contribution in [3.63, 3.8) is 0 Å². The van der Waals surface area contributed by atoms with Crippen LogP contribution in [0.15, 0.2) is 66.7 Å². The van der Waals surface area contributed by atoms with E-state index in [0.29, 0.717) is 0 Å². The number of nitrogens with zero attached hydrogens (tertiary/aromatic N) is 2. The largest absolute Gasteiger partial charge is 0.304 e. The normalized spacial score (nSPS) is 19.8. The number of likely N-dealkylation sites (tertiary alicyclic amines) is 1. The SMILES string of the molecule is C.C.C.C.C.C.C.CC.CC.CC.CCC.CCC.CCC.CCC.CCCN(CC)CC.CCc1cc(CC)cc(CN2[C@@H]3[C@@H]4[C@H](C)[C@H](C)[C@@H]4[C@@H]3[C@H](C)[C@@H]2C)c1.c1ccc2c(c1)Cc1ccccc1-2. The van der Waals surface area contributed by atoms with Crippen LogP contribution >= 0.6 is 0 Å². The zero-order chi connectivity index (χ0) is 49.1. The summed E-state index contributed by atoms with van der Waals surface area (Å²) < 4.78 is 0. The Hall–Kier alpha value is -2.42. The molecule has 1 aliphatic heterocycles. The molecule has 2 saturated carbocycles. The Bertz CT molecular complexity index is 1380. The third kappa shape index (κ3) is 28.1. The van der Waals surface area contributed by atoms with Crippen LogP contribution in [-0.2, 0) is 25.8 Å². The van der Waals surface area contributed by atoms with Crippen LogP contribution in [0.3, 0.4) is 0 Å². The van der Waals surface area contributed by atoms with Crippen molar-refractivity contribution < 1.29 is 0 Å². The molecule has 0 aromatic heterocycles. The second kappa shape index (κ2) is 55.9. The first-order chi connectivity index (χ1) is 30.4. The van der Waals surface area contributed by atoms with Gasteiger partial charge in [-0.25, -0.2) is 0 Å². The van der Waals surface area contributed by atoms with E-state index in [2.05, 4.69) is 194 Å². The van der Waals surface area contributed by atoms with E-state index >= 15 is 0 Å². The molecule has 1 saturated heterocycles. The van der Waals surface area contributed by atoms with E-state index in [1.165, 1.54) is 85.1 Å². The molecule has 2 nitrogen and oxygen atoms in total. The molecule has 3 aromatic carbocycles. The van der Waals surface area contributed by atoms with Crippen LogP contribution < -0.4 is 0 Å². The Morgan fingerprint density at radius 3 is 1.07 bits per heavy atom. The zero-order valence-corrected chi connectivity index (χ0v) is 46.8. The first kappa shape index (κ1) is 90.4. The smallest absolute Gasteiger partial charge is 0.0240 e. The van der Waals surface area contributed by atoms with Crippen molar-refractivity contribution in [2.45, 2.75) is 281 Å². The highest BCUT2D eigenvalue weighted by molar-refractivity contribution is 5.76. The summed E-state index contributed by atoms with van der Waals surface area (Å²) in [6.07, 6.45) is 9.68. The summed E-state index contributed by atoms with van der Waals surface area (Å²) in [6.45, 7) is 55.0.